The Morgan fingerprint density at radius 2 is 1.86 bits per heavy atom. The first-order valence-electron chi connectivity index (χ1n) is 8.53. The molecule has 0 N–H and O–H groups in total. The summed E-state index contributed by atoms with van der Waals surface area (Å²) in [5.41, 5.74) is 1.07. The largest absolute Gasteiger partial charge is 0.336 e. The van der Waals surface area contributed by atoms with E-state index in [-0.39, 0.29) is 10.7 Å². The lowest BCUT2D eigenvalue weighted by molar-refractivity contribution is 0.101. The minimum atomic E-state index is -3.90. The molecule has 1 atom stereocenters. The molecule has 1 heterocycles. The molecular weight excluding hydrogens is 398 g/mol. The van der Waals surface area contributed by atoms with Crippen LogP contribution in [-0.4, -0.2) is 35.1 Å². The van der Waals surface area contributed by atoms with Gasteiger partial charge in [0.2, 0.25) is 10.0 Å². The highest BCUT2D eigenvalue weighted by Crippen LogP contribution is 2.32. The summed E-state index contributed by atoms with van der Waals surface area (Å²) < 4.78 is 29.7. The van der Waals surface area contributed by atoms with Gasteiger partial charge >= 0.3 is 0 Å². The van der Waals surface area contributed by atoms with Crippen LogP contribution in [0.2, 0.25) is 5.02 Å². The quantitative estimate of drug-likeness (QED) is 0.573. The van der Waals surface area contributed by atoms with Crippen molar-refractivity contribution in [2.75, 3.05) is 7.05 Å². The highest BCUT2D eigenvalue weighted by atomic mass is 35.5. The van der Waals surface area contributed by atoms with Gasteiger partial charge in [-0.1, -0.05) is 35.9 Å². The van der Waals surface area contributed by atoms with E-state index < -0.39 is 16.1 Å². The van der Waals surface area contributed by atoms with E-state index in [0.29, 0.717) is 16.4 Å². The van der Waals surface area contributed by atoms with E-state index in [1.54, 1.807) is 53.4 Å². The van der Waals surface area contributed by atoms with Crippen molar-refractivity contribution in [3.63, 3.8) is 0 Å². The van der Waals surface area contributed by atoms with Crippen LogP contribution in [0.1, 0.15) is 34.7 Å². The Morgan fingerprint density at radius 3 is 2.43 bits per heavy atom. The average Bonchev–Trinajstić information content (AvgIpc) is 3.09. The summed E-state index contributed by atoms with van der Waals surface area (Å²) in [6.07, 6.45) is 3.38. The Morgan fingerprint density at radius 1 is 1.18 bits per heavy atom. The summed E-state index contributed by atoms with van der Waals surface area (Å²) in [5.74, 6) is 0.370. The maximum atomic E-state index is 13.3. The smallest absolute Gasteiger partial charge is 0.243 e. The molecule has 0 unspecified atom stereocenters. The van der Waals surface area contributed by atoms with Crippen LogP contribution in [0, 0.1) is 0 Å². The number of carbonyl (C=O) groups is 1. The van der Waals surface area contributed by atoms with Gasteiger partial charge in [-0.05, 0) is 36.8 Å². The van der Waals surface area contributed by atoms with E-state index in [1.165, 1.54) is 30.4 Å². The number of nitrogens with zero attached hydrogens (tertiary/aromatic N) is 3. The molecule has 146 valence electrons. The Balaban J connectivity index is 2.12. The van der Waals surface area contributed by atoms with E-state index in [0.717, 1.165) is 5.56 Å². The number of rotatable bonds is 6. The molecule has 0 aliphatic carbocycles. The fourth-order valence-electron chi connectivity index (χ4n) is 2.99. The first-order chi connectivity index (χ1) is 13.2. The molecule has 6 nitrogen and oxygen atoms in total. The molecule has 0 radical (unpaired) electrons. The number of hydrogen-bond acceptors (Lipinski definition) is 4. The van der Waals surface area contributed by atoms with Gasteiger partial charge in [0, 0.05) is 37.1 Å². The summed E-state index contributed by atoms with van der Waals surface area (Å²) in [5, 5.41) is 0.557. The summed E-state index contributed by atoms with van der Waals surface area (Å²) in [6.45, 7) is 1.40. The number of ketones is 1. The molecule has 0 spiro atoms. The zero-order chi connectivity index (χ0) is 20.5. The minimum Gasteiger partial charge on any atom is -0.336 e. The van der Waals surface area contributed by atoms with E-state index in [1.807, 2.05) is 7.05 Å². The molecule has 3 rings (SSSR count). The lowest BCUT2D eigenvalue weighted by atomic mass is 10.1. The van der Waals surface area contributed by atoms with E-state index in [4.69, 9.17) is 11.6 Å². The third-order valence-electron chi connectivity index (χ3n) is 4.57. The van der Waals surface area contributed by atoms with Crippen molar-refractivity contribution in [1.29, 1.82) is 0 Å². The van der Waals surface area contributed by atoms with Crippen molar-refractivity contribution in [2.24, 2.45) is 7.05 Å². The molecule has 0 saturated heterocycles. The summed E-state index contributed by atoms with van der Waals surface area (Å²) >= 11 is 6.00. The number of benzene rings is 2. The number of sulfonamides is 1. The second-order valence-corrected chi connectivity index (χ2v) is 8.89. The van der Waals surface area contributed by atoms with Crippen molar-refractivity contribution < 1.29 is 13.2 Å². The van der Waals surface area contributed by atoms with Crippen LogP contribution < -0.4 is 0 Å². The molecule has 8 heteroatoms. The Kier molecular flexibility index (Phi) is 5.69. The topological polar surface area (TPSA) is 72.3 Å². The van der Waals surface area contributed by atoms with Gasteiger partial charge in [0.1, 0.15) is 11.9 Å². The molecule has 0 aliphatic heterocycles. The number of aromatic nitrogens is 2. The van der Waals surface area contributed by atoms with Crippen molar-refractivity contribution in [3.05, 3.63) is 82.9 Å². The van der Waals surface area contributed by atoms with Gasteiger partial charge in [-0.2, -0.15) is 4.31 Å². The Labute approximate surface area is 169 Å². The minimum absolute atomic E-state index is 0.0517. The molecular formula is C20H20ClN3O3S. The molecule has 0 amide bonds. The normalized spacial score (nSPS) is 12.9. The van der Waals surface area contributed by atoms with Crippen LogP contribution >= 0.6 is 11.6 Å². The van der Waals surface area contributed by atoms with Gasteiger partial charge in [-0.3, -0.25) is 4.79 Å². The van der Waals surface area contributed by atoms with Gasteiger partial charge in [0.25, 0.3) is 0 Å². The van der Waals surface area contributed by atoms with Crippen molar-refractivity contribution in [3.8, 4) is 0 Å². The second kappa shape index (κ2) is 7.87. The SMILES string of the molecule is CC(=O)c1cccc(S(=O)(=O)N(C)[C@H](c2ccc(Cl)cc2)c2nccn2C)c1. The molecule has 1 aromatic heterocycles. The van der Waals surface area contributed by atoms with Gasteiger partial charge in [0.15, 0.2) is 5.78 Å². The third kappa shape index (κ3) is 3.87. The predicted octanol–water partition coefficient (Wildman–Crippen LogP) is 3.69. The zero-order valence-electron chi connectivity index (χ0n) is 15.7. The number of carbonyl (C=O) groups excluding carboxylic acids is 1. The number of Topliss-reactive ketones (excluding diaryl/α,β-unsaturated/α-hetero) is 1. The average molecular weight is 418 g/mol. The van der Waals surface area contributed by atoms with E-state index in [2.05, 4.69) is 4.98 Å². The predicted molar refractivity (Wildman–Crippen MR) is 108 cm³/mol. The molecule has 0 aliphatic rings. The number of aryl methyl sites for hydroxylation is 1. The second-order valence-electron chi connectivity index (χ2n) is 6.46. The Bertz CT molecular complexity index is 1110. The lowest BCUT2D eigenvalue weighted by Gasteiger charge is -2.27. The van der Waals surface area contributed by atoms with Crippen LogP contribution in [0.5, 0.6) is 0 Å². The lowest BCUT2D eigenvalue weighted by Crippen LogP contribution is -2.33. The van der Waals surface area contributed by atoms with Crippen LogP contribution in [0.4, 0.5) is 0 Å². The third-order valence-corrected chi connectivity index (χ3v) is 6.64. The summed E-state index contributed by atoms with van der Waals surface area (Å²) in [7, 11) is -0.589. The standard InChI is InChI=1S/C20H20ClN3O3S/c1-14(25)16-5-4-6-18(13-16)28(26,27)24(3)19(20-22-11-12-23(20)2)15-7-9-17(21)10-8-15/h4-13,19H,1-3H3/t19-/m1/s1. The number of halogens is 1. The maximum Gasteiger partial charge on any atom is 0.243 e. The fraction of sp³-hybridized carbons (Fsp3) is 0.200. The zero-order valence-corrected chi connectivity index (χ0v) is 17.3. The van der Waals surface area contributed by atoms with Gasteiger partial charge in [-0.25, -0.2) is 13.4 Å². The van der Waals surface area contributed by atoms with Gasteiger partial charge < -0.3 is 4.57 Å². The summed E-state index contributed by atoms with van der Waals surface area (Å²) in [4.78, 5) is 16.1. The maximum absolute atomic E-state index is 13.3. The van der Waals surface area contributed by atoms with Crippen LogP contribution in [0.15, 0.2) is 65.8 Å². The highest BCUT2D eigenvalue weighted by molar-refractivity contribution is 7.89. The monoisotopic (exact) mass is 417 g/mol. The van der Waals surface area contributed by atoms with Gasteiger partial charge in [0.05, 0.1) is 4.90 Å². The fourth-order valence-corrected chi connectivity index (χ4v) is 4.47. The number of hydrogen-bond donors (Lipinski definition) is 0. The molecule has 0 bridgehead atoms. The van der Waals surface area contributed by atoms with Crippen molar-refractivity contribution in [1.82, 2.24) is 13.9 Å². The first kappa shape index (κ1) is 20.3. The number of imidazole rings is 1. The van der Waals surface area contributed by atoms with Crippen LogP contribution in [-0.2, 0) is 17.1 Å². The van der Waals surface area contributed by atoms with Crippen LogP contribution in [0.3, 0.4) is 0 Å². The molecule has 2 aromatic carbocycles. The molecule has 3 aromatic rings. The van der Waals surface area contributed by atoms with Gasteiger partial charge in [-0.15, -0.1) is 0 Å². The van der Waals surface area contributed by atoms with Crippen molar-refractivity contribution in [2.45, 2.75) is 17.9 Å². The van der Waals surface area contributed by atoms with Crippen LogP contribution in [0.25, 0.3) is 0 Å². The summed E-state index contributed by atoms with van der Waals surface area (Å²) in [6, 6.07) is 12.4. The van der Waals surface area contributed by atoms with E-state index in [9.17, 15) is 13.2 Å². The molecule has 0 saturated carbocycles. The molecule has 28 heavy (non-hydrogen) atoms. The Hall–Kier alpha value is -2.48. The van der Waals surface area contributed by atoms with Crippen molar-refractivity contribution >= 4 is 27.4 Å². The molecule has 0 fully saturated rings. The first-order valence-corrected chi connectivity index (χ1v) is 10.4. The van der Waals surface area contributed by atoms with E-state index >= 15 is 0 Å². The highest BCUT2D eigenvalue weighted by Gasteiger charge is 2.33.